The maximum absolute atomic E-state index is 10.8. The van der Waals surface area contributed by atoms with Crippen molar-refractivity contribution < 1.29 is 19.1 Å². The molecule has 78 valence electrons. The first kappa shape index (κ1) is 12.4. The maximum atomic E-state index is 10.8. The van der Waals surface area contributed by atoms with Crippen LogP contribution in [0, 0.1) is 0 Å². The molecule has 0 unspecified atom stereocenters. The van der Waals surface area contributed by atoms with Crippen LogP contribution in [0.3, 0.4) is 0 Å². The Morgan fingerprint density at radius 1 is 0.929 bits per heavy atom. The van der Waals surface area contributed by atoms with E-state index in [4.69, 9.17) is 0 Å². The quantitative estimate of drug-likeness (QED) is 0.378. The van der Waals surface area contributed by atoms with Gasteiger partial charge in [-0.05, 0) is 13.8 Å². The average molecular weight is 198 g/mol. The molecule has 0 atom stereocenters. The zero-order valence-electron chi connectivity index (χ0n) is 8.36. The molecule has 0 fully saturated rings. The Kier molecular flexibility index (Phi) is 7.13. The Hall–Kier alpha value is -1.58. The first-order valence-electron chi connectivity index (χ1n) is 4.39. The highest BCUT2D eigenvalue weighted by Gasteiger charge is 1.92. The molecule has 0 amide bonds. The molecule has 0 N–H and O–H groups in total. The highest BCUT2D eigenvalue weighted by molar-refractivity contribution is 5.84. The highest BCUT2D eigenvalue weighted by Crippen LogP contribution is 1.85. The molecule has 0 aromatic heterocycles. The lowest BCUT2D eigenvalue weighted by atomic mass is 10.4. The largest absolute Gasteiger partial charge is 0.463 e. The fraction of sp³-hybridized carbons (Fsp3) is 0.400. The number of rotatable bonds is 5. The molecule has 0 radical (unpaired) electrons. The van der Waals surface area contributed by atoms with E-state index in [1.165, 1.54) is 24.3 Å². The minimum absolute atomic E-state index is 0.338. The van der Waals surface area contributed by atoms with Crippen molar-refractivity contribution in [1.82, 2.24) is 0 Å². The molecule has 4 heteroatoms. The van der Waals surface area contributed by atoms with Gasteiger partial charge in [-0.3, -0.25) is 0 Å². The molecule has 14 heavy (non-hydrogen) atoms. The summed E-state index contributed by atoms with van der Waals surface area (Å²) in [5, 5.41) is 0. The van der Waals surface area contributed by atoms with Crippen LogP contribution in [0.25, 0.3) is 0 Å². The van der Waals surface area contributed by atoms with Crippen LogP contribution in [0.15, 0.2) is 24.3 Å². The van der Waals surface area contributed by atoms with Crippen LogP contribution < -0.4 is 0 Å². The topological polar surface area (TPSA) is 52.6 Å². The van der Waals surface area contributed by atoms with E-state index in [1.807, 2.05) is 0 Å². The Balaban J connectivity index is 3.80. The Morgan fingerprint density at radius 2 is 1.29 bits per heavy atom. The lowest BCUT2D eigenvalue weighted by molar-refractivity contribution is -0.138. The molecule has 0 heterocycles. The zero-order chi connectivity index (χ0) is 10.8. The van der Waals surface area contributed by atoms with Gasteiger partial charge in [-0.1, -0.05) is 12.2 Å². The van der Waals surface area contributed by atoms with E-state index in [-0.39, 0.29) is 0 Å². The zero-order valence-corrected chi connectivity index (χ0v) is 8.36. The summed E-state index contributed by atoms with van der Waals surface area (Å²) >= 11 is 0. The van der Waals surface area contributed by atoms with Crippen molar-refractivity contribution in [3.05, 3.63) is 24.3 Å². The monoisotopic (exact) mass is 198 g/mol. The Bertz CT molecular complexity index is 215. The minimum atomic E-state index is -0.430. The molecular weight excluding hydrogens is 184 g/mol. The van der Waals surface area contributed by atoms with Crippen molar-refractivity contribution in [2.24, 2.45) is 0 Å². The molecule has 0 bridgehead atoms. The predicted octanol–water partition coefficient (Wildman–Crippen LogP) is 1.22. The standard InChI is InChI=1S/C10H14O4/c1-3-13-9(11)7-5-6-8-10(12)14-4-2/h5-8H,3-4H2,1-2H3. The van der Waals surface area contributed by atoms with Gasteiger partial charge < -0.3 is 9.47 Å². The highest BCUT2D eigenvalue weighted by atomic mass is 16.5. The SMILES string of the molecule is CCOC(=O)C=CC=CC(=O)OCC. The second-order valence-electron chi connectivity index (χ2n) is 2.22. The number of hydrogen-bond acceptors (Lipinski definition) is 4. The summed E-state index contributed by atoms with van der Waals surface area (Å²) in [7, 11) is 0. The van der Waals surface area contributed by atoms with Crippen LogP contribution in [0.1, 0.15) is 13.8 Å². The van der Waals surface area contributed by atoms with Gasteiger partial charge in [0, 0.05) is 12.2 Å². The number of esters is 2. The Labute approximate surface area is 83.2 Å². The van der Waals surface area contributed by atoms with E-state index in [1.54, 1.807) is 13.8 Å². The van der Waals surface area contributed by atoms with Gasteiger partial charge in [-0.2, -0.15) is 0 Å². The van der Waals surface area contributed by atoms with Gasteiger partial charge in [-0.15, -0.1) is 0 Å². The molecule has 0 rings (SSSR count). The fourth-order valence-corrected chi connectivity index (χ4v) is 0.649. The molecule has 4 nitrogen and oxygen atoms in total. The van der Waals surface area contributed by atoms with E-state index in [0.29, 0.717) is 13.2 Å². The summed E-state index contributed by atoms with van der Waals surface area (Å²) in [5.74, 6) is -0.859. The van der Waals surface area contributed by atoms with Crippen molar-refractivity contribution >= 4 is 11.9 Å². The molecule has 0 aromatic carbocycles. The van der Waals surface area contributed by atoms with Crippen LogP contribution in [0.2, 0.25) is 0 Å². The van der Waals surface area contributed by atoms with Crippen molar-refractivity contribution in [1.29, 1.82) is 0 Å². The van der Waals surface area contributed by atoms with Gasteiger partial charge in [0.2, 0.25) is 0 Å². The van der Waals surface area contributed by atoms with Crippen molar-refractivity contribution in [3.8, 4) is 0 Å². The second-order valence-corrected chi connectivity index (χ2v) is 2.22. The average Bonchev–Trinajstić information content (AvgIpc) is 2.13. The number of hydrogen-bond donors (Lipinski definition) is 0. The number of carbonyl (C=O) groups is 2. The summed E-state index contributed by atoms with van der Waals surface area (Å²) in [5.41, 5.74) is 0. The lowest BCUT2D eigenvalue weighted by Crippen LogP contribution is -1.99. The van der Waals surface area contributed by atoms with Crippen molar-refractivity contribution in [2.45, 2.75) is 13.8 Å². The van der Waals surface area contributed by atoms with E-state index >= 15 is 0 Å². The van der Waals surface area contributed by atoms with E-state index in [0.717, 1.165) is 0 Å². The van der Waals surface area contributed by atoms with Gasteiger partial charge in [0.25, 0.3) is 0 Å². The lowest BCUT2D eigenvalue weighted by Gasteiger charge is -1.93. The fourth-order valence-electron chi connectivity index (χ4n) is 0.649. The smallest absolute Gasteiger partial charge is 0.330 e. The van der Waals surface area contributed by atoms with E-state index in [2.05, 4.69) is 9.47 Å². The van der Waals surface area contributed by atoms with Crippen molar-refractivity contribution in [2.75, 3.05) is 13.2 Å². The van der Waals surface area contributed by atoms with Gasteiger partial charge in [0.15, 0.2) is 0 Å². The first-order chi connectivity index (χ1) is 6.70. The van der Waals surface area contributed by atoms with E-state index < -0.39 is 11.9 Å². The molecule has 0 saturated carbocycles. The molecule has 0 aliphatic carbocycles. The third kappa shape index (κ3) is 7.09. The van der Waals surface area contributed by atoms with Gasteiger partial charge in [0.1, 0.15) is 0 Å². The van der Waals surface area contributed by atoms with E-state index in [9.17, 15) is 9.59 Å². The third-order valence-electron chi connectivity index (χ3n) is 1.15. The summed E-state index contributed by atoms with van der Waals surface area (Å²) in [6.07, 6.45) is 5.32. The summed E-state index contributed by atoms with van der Waals surface area (Å²) in [4.78, 5) is 21.5. The maximum Gasteiger partial charge on any atom is 0.330 e. The molecule has 0 aromatic rings. The normalized spacial score (nSPS) is 10.7. The van der Waals surface area contributed by atoms with Crippen LogP contribution in [0.4, 0.5) is 0 Å². The summed E-state index contributed by atoms with van der Waals surface area (Å²) in [6, 6.07) is 0. The van der Waals surface area contributed by atoms with Crippen molar-refractivity contribution in [3.63, 3.8) is 0 Å². The number of allylic oxidation sites excluding steroid dienone is 2. The number of ether oxygens (including phenoxy) is 2. The molecule has 0 aliphatic rings. The summed E-state index contributed by atoms with van der Waals surface area (Å²) < 4.78 is 9.24. The van der Waals surface area contributed by atoms with Gasteiger partial charge >= 0.3 is 11.9 Å². The third-order valence-corrected chi connectivity index (χ3v) is 1.15. The molecular formula is C10H14O4. The molecule has 0 saturated heterocycles. The van der Waals surface area contributed by atoms with Gasteiger partial charge in [0.05, 0.1) is 13.2 Å². The van der Waals surface area contributed by atoms with Crippen LogP contribution in [-0.4, -0.2) is 25.2 Å². The number of carbonyl (C=O) groups excluding carboxylic acids is 2. The van der Waals surface area contributed by atoms with Gasteiger partial charge in [-0.25, -0.2) is 9.59 Å². The van der Waals surface area contributed by atoms with Crippen LogP contribution >= 0.6 is 0 Å². The molecule has 0 aliphatic heterocycles. The Morgan fingerprint density at radius 3 is 1.57 bits per heavy atom. The van der Waals surface area contributed by atoms with Crippen LogP contribution in [0.5, 0.6) is 0 Å². The first-order valence-corrected chi connectivity index (χ1v) is 4.39. The molecule has 0 spiro atoms. The predicted molar refractivity (Wildman–Crippen MR) is 51.5 cm³/mol. The summed E-state index contributed by atoms with van der Waals surface area (Å²) in [6.45, 7) is 4.12. The second kappa shape index (κ2) is 8.04. The minimum Gasteiger partial charge on any atom is -0.463 e. The van der Waals surface area contributed by atoms with Crippen LogP contribution in [-0.2, 0) is 19.1 Å².